The lowest BCUT2D eigenvalue weighted by atomic mass is 10.1. The predicted octanol–water partition coefficient (Wildman–Crippen LogP) is 1.51. The molecule has 1 amide bonds. The topological polar surface area (TPSA) is 55.6 Å². The Hall–Kier alpha value is -1.55. The zero-order valence-corrected chi connectivity index (χ0v) is 10.8. The van der Waals surface area contributed by atoms with E-state index in [1.54, 1.807) is 0 Å². The number of likely N-dealkylation sites (tertiary alicyclic amines) is 1. The van der Waals surface area contributed by atoms with Gasteiger partial charge in [-0.25, -0.2) is 0 Å². The second-order valence-electron chi connectivity index (χ2n) is 4.60. The van der Waals surface area contributed by atoms with Crippen molar-refractivity contribution < 1.29 is 9.53 Å². The molecule has 2 rings (SSSR count). The van der Waals surface area contributed by atoms with Crippen molar-refractivity contribution in [1.82, 2.24) is 4.90 Å². The highest BCUT2D eigenvalue weighted by Crippen LogP contribution is 2.20. The lowest BCUT2D eigenvalue weighted by Crippen LogP contribution is -2.29. The van der Waals surface area contributed by atoms with Gasteiger partial charge in [0, 0.05) is 18.7 Å². The van der Waals surface area contributed by atoms with E-state index in [4.69, 9.17) is 10.5 Å². The fourth-order valence-corrected chi connectivity index (χ4v) is 2.28. The van der Waals surface area contributed by atoms with Crippen LogP contribution in [0, 0.1) is 5.92 Å². The molecule has 0 saturated carbocycles. The maximum Gasteiger partial charge on any atom is 0.253 e. The number of ether oxygens (including phenoxy) is 1. The molecule has 0 unspecified atom stereocenters. The second-order valence-corrected chi connectivity index (χ2v) is 4.60. The van der Waals surface area contributed by atoms with Crippen molar-refractivity contribution in [2.45, 2.75) is 13.3 Å². The minimum atomic E-state index is 0.0764. The molecule has 1 aromatic rings. The van der Waals surface area contributed by atoms with Gasteiger partial charge in [0.2, 0.25) is 0 Å². The Balaban J connectivity index is 2.07. The van der Waals surface area contributed by atoms with Crippen molar-refractivity contribution >= 4 is 5.91 Å². The molecule has 0 spiro atoms. The van der Waals surface area contributed by atoms with E-state index in [1.807, 2.05) is 36.1 Å². The summed E-state index contributed by atoms with van der Waals surface area (Å²) in [4.78, 5) is 14.2. The standard InChI is InChI=1S/C14H20N2O2/c1-2-18-13-5-3-4-12(8-13)14(17)16-7-6-11(9-15)10-16/h3-5,8,11H,2,6-7,9-10,15H2,1H3/t11-/m1/s1. The summed E-state index contributed by atoms with van der Waals surface area (Å²) in [6.45, 7) is 4.77. The molecular weight excluding hydrogens is 228 g/mol. The van der Waals surface area contributed by atoms with Gasteiger partial charge in [0.25, 0.3) is 5.91 Å². The summed E-state index contributed by atoms with van der Waals surface area (Å²) in [7, 11) is 0. The van der Waals surface area contributed by atoms with E-state index in [-0.39, 0.29) is 5.91 Å². The monoisotopic (exact) mass is 248 g/mol. The Morgan fingerprint density at radius 3 is 3.06 bits per heavy atom. The van der Waals surface area contributed by atoms with Gasteiger partial charge in [-0.2, -0.15) is 0 Å². The van der Waals surface area contributed by atoms with Crippen LogP contribution in [0.1, 0.15) is 23.7 Å². The summed E-state index contributed by atoms with van der Waals surface area (Å²) in [5.41, 5.74) is 6.33. The van der Waals surface area contributed by atoms with Crippen LogP contribution in [-0.4, -0.2) is 37.0 Å². The second kappa shape index (κ2) is 5.87. The molecule has 18 heavy (non-hydrogen) atoms. The van der Waals surface area contributed by atoms with Gasteiger partial charge in [0.05, 0.1) is 6.61 Å². The zero-order chi connectivity index (χ0) is 13.0. The Morgan fingerprint density at radius 2 is 2.39 bits per heavy atom. The van der Waals surface area contributed by atoms with Crippen molar-refractivity contribution in [2.24, 2.45) is 11.7 Å². The molecular formula is C14H20N2O2. The van der Waals surface area contributed by atoms with E-state index in [9.17, 15) is 4.79 Å². The number of carbonyl (C=O) groups excluding carboxylic acids is 1. The third-order valence-electron chi connectivity index (χ3n) is 3.30. The lowest BCUT2D eigenvalue weighted by Gasteiger charge is -2.16. The molecule has 2 N–H and O–H groups in total. The molecule has 1 heterocycles. The molecule has 1 aliphatic heterocycles. The van der Waals surface area contributed by atoms with Gasteiger partial charge < -0.3 is 15.4 Å². The van der Waals surface area contributed by atoms with E-state index >= 15 is 0 Å². The zero-order valence-electron chi connectivity index (χ0n) is 10.8. The number of amides is 1. The first kappa shape index (κ1) is 12.9. The van der Waals surface area contributed by atoms with Crippen molar-refractivity contribution in [1.29, 1.82) is 0 Å². The Bertz CT molecular complexity index is 420. The van der Waals surface area contributed by atoms with Gasteiger partial charge in [0.15, 0.2) is 0 Å². The van der Waals surface area contributed by atoms with Gasteiger partial charge in [-0.05, 0) is 44.0 Å². The molecule has 0 bridgehead atoms. The van der Waals surface area contributed by atoms with E-state index in [0.29, 0.717) is 24.6 Å². The fourth-order valence-electron chi connectivity index (χ4n) is 2.28. The van der Waals surface area contributed by atoms with Gasteiger partial charge in [-0.3, -0.25) is 4.79 Å². The fraction of sp³-hybridized carbons (Fsp3) is 0.500. The van der Waals surface area contributed by atoms with Crippen LogP contribution in [0.25, 0.3) is 0 Å². The molecule has 1 aromatic carbocycles. The minimum absolute atomic E-state index is 0.0764. The first-order valence-electron chi connectivity index (χ1n) is 6.46. The van der Waals surface area contributed by atoms with Crippen LogP contribution in [0.5, 0.6) is 5.75 Å². The van der Waals surface area contributed by atoms with Crippen LogP contribution in [0.15, 0.2) is 24.3 Å². The van der Waals surface area contributed by atoms with Crippen LogP contribution in [0.2, 0.25) is 0 Å². The van der Waals surface area contributed by atoms with Gasteiger partial charge in [-0.15, -0.1) is 0 Å². The molecule has 0 aromatic heterocycles. The highest BCUT2D eigenvalue weighted by atomic mass is 16.5. The smallest absolute Gasteiger partial charge is 0.253 e. The Morgan fingerprint density at radius 1 is 1.56 bits per heavy atom. The molecule has 1 saturated heterocycles. The number of rotatable bonds is 4. The lowest BCUT2D eigenvalue weighted by molar-refractivity contribution is 0.0787. The van der Waals surface area contributed by atoms with Crippen LogP contribution in [0.3, 0.4) is 0 Å². The first-order valence-corrected chi connectivity index (χ1v) is 6.46. The first-order chi connectivity index (χ1) is 8.74. The predicted molar refractivity (Wildman–Crippen MR) is 70.7 cm³/mol. The summed E-state index contributed by atoms with van der Waals surface area (Å²) in [6, 6.07) is 7.36. The number of carbonyl (C=O) groups is 1. The van der Waals surface area contributed by atoms with Crippen molar-refractivity contribution in [3.8, 4) is 5.75 Å². The summed E-state index contributed by atoms with van der Waals surface area (Å²) in [5.74, 6) is 1.27. The third-order valence-corrected chi connectivity index (χ3v) is 3.30. The van der Waals surface area contributed by atoms with Gasteiger partial charge >= 0.3 is 0 Å². The van der Waals surface area contributed by atoms with Crippen molar-refractivity contribution in [2.75, 3.05) is 26.2 Å². The average molecular weight is 248 g/mol. The Labute approximate surface area is 108 Å². The van der Waals surface area contributed by atoms with Gasteiger partial charge in [0.1, 0.15) is 5.75 Å². The quantitative estimate of drug-likeness (QED) is 0.878. The number of nitrogens with two attached hydrogens (primary N) is 1. The van der Waals surface area contributed by atoms with Crippen molar-refractivity contribution in [3.63, 3.8) is 0 Å². The maximum atomic E-state index is 12.3. The maximum absolute atomic E-state index is 12.3. The van der Waals surface area contributed by atoms with Crippen LogP contribution >= 0.6 is 0 Å². The van der Waals surface area contributed by atoms with E-state index in [1.165, 1.54) is 0 Å². The molecule has 4 heteroatoms. The minimum Gasteiger partial charge on any atom is -0.494 e. The molecule has 1 fully saturated rings. The number of benzene rings is 1. The van der Waals surface area contributed by atoms with Crippen molar-refractivity contribution in [3.05, 3.63) is 29.8 Å². The van der Waals surface area contributed by atoms with Gasteiger partial charge in [-0.1, -0.05) is 6.07 Å². The summed E-state index contributed by atoms with van der Waals surface area (Å²) >= 11 is 0. The third kappa shape index (κ3) is 2.82. The van der Waals surface area contributed by atoms with Crippen LogP contribution in [-0.2, 0) is 0 Å². The van der Waals surface area contributed by atoms with E-state index in [2.05, 4.69) is 0 Å². The summed E-state index contributed by atoms with van der Waals surface area (Å²) in [5, 5.41) is 0. The highest BCUT2D eigenvalue weighted by molar-refractivity contribution is 5.94. The largest absolute Gasteiger partial charge is 0.494 e. The highest BCUT2D eigenvalue weighted by Gasteiger charge is 2.26. The van der Waals surface area contributed by atoms with E-state index < -0.39 is 0 Å². The molecule has 1 aliphatic rings. The molecule has 4 nitrogen and oxygen atoms in total. The summed E-state index contributed by atoms with van der Waals surface area (Å²) in [6.07, 6.45) is 1.01. The molecule has 0 radical (unpaired) electrons. The number of nitrogens with zero attached hydrogens (tertiary/aromatic N) is 1. The number of hydrogen-bond donors (Lipinski definition) is 1. The molecule has 98 valence electrons. The Kier molecular flexibility index (Phi) is 4.20. The van der Waals surface area contributed by atoms with E-state index in [0.717, 1.165) is 25.3 Å². The normalized spacial score (nSPS) is 19.0. The molecule has 1 atom stereocenters. The summed E-state index contributed by atoms with van der Waals surface area (Å²) < 4.78 is 5.41. The number of hydrogen-bond acceptors (Lipinski definition) is 3. The average Bonchev–Trinajstić information content (AvgIpc) is 2.87. The SMILES string of the molecule is CCOc1cccc(C(=O)N2CC[C@H](CN)C2)c1. The van der Waals surface area contributed by atoms with Crippen LogP contribution in [0.4, 0.5) is 0 Å². The van der Waals surface area contributed by atoms with Crippen LogP contribution < -0.4 is 10.5 Å². The molecule has 0 aliphatic carbocycles.